The van der Waals surface area contributed by atoms with Crippen molar-refractivity contribution in [2.45, 2.75) is 23.8 Å². The first-order chi connectivity index (χ1) is 11.9. The molecule has 1 heterocycles. The van der Waals surface area contributed by atoms with Crippen molar-refractivity contribution in [1.29, 1.82) is 0 Å². The molecule has 1 amide bonds. The van der Waals surface area contributed by atoms with Gasteiger partial charge in [-0.25, -0.2) is 13.6 Å². The molecule has 0 aromatic heterocycles. The van der Waals surface area contributed by atoms with Gasteiger partial charge in [-0.3, -0.25) is 4.79 Å². The highest BCUT2D eigenvalue weighted by atomic mass is 32.2. The molecule has 25 heavy (non-hydrogen) atoms. The fourth-order valence-electron chi connectivity index (χ4n) is 2.45. The van der Waals surface area contributed by atoms with Crippen molar-refractivity contribution >= 4 is 21.6 Å². The van der Waals surface area contributed by atoms with Crippen molar-refractivity contribution in [3.63, 3.8) is 0 Å². The zero-order chi connectivity index (χ0) is 17.9. The maximum Gasteiger partial charge on any atom is 0.238 e. The molecular weight excluding hydrogens is 344 g/mol. The minimum Gasteiger partial charge on any atom is -0.486 e. The molecule has 0 bridgehead atoms. The average Bonchev–Trinajstić information content (AvgIpc) is 2.59. The van der Waals surface area contributed by atoms with E-state index in [1.54, 1.807) is 0 Å². The summed E-state index contributed by atoms with van der Waals surface area (Å²) in [6, 6.07) is 13.1. The molecule has 1 aliphatic rings. The first-order valence-corrected chi connectivity index (χ1v) is 9.27. The van der Waals surface area contributed by atoms with Crippen LogP contribution in [-0.4, -0.2) is 27.0 Å². The van der Waals surface area contributed by atoms with Crippen molar-refractivity contribution in [1.82, 2.24) is 0 Å². The third-order valence-corrected chi connectivity index (χ3v) is 4.66. The monoisotopic (exact) mass is 362 g/mol. The molecule has 0 saturated heterocycles. The van der Waals surface area contributed by atoms with Gasteiger partial charge < -0.3 is 14.8 Å². The van der Waals surface area contributed by atoms with Gasteiger partial charge in [0.15, 0.2) is 11.5 Å². The van der Waals surface area contributed by atoms with Gasteiger partial charge in [0, 0.05) is 12.1 Å². The minimum absolute atomic E-state index is 0.00285. The van der Waals surface area contributed by atoms with Crippen molar-refractivity contribution < 1.29 is 22.7 Å². The molecule has 0 aliphatic carbocycles. The Morgan fingerprint density at radius 2 is 1.80 bits per heavy atom. The van der Waals surface area contributed by atoms with Gasteiger partial charge >= 0.3 is 0 Å². The van der Waals surface area contributed by atoms with Gasteiger partial charge in [0.05, 0.1) is 4.90 Å². The quantitative estimate of drug-likeness (QED) is 0.844. The van der Waals surface area contributed by atoms with Crippen molar-refractivity contribution in [2.24, 2.45) is 5.14 Å². The molecule has 3 rings (SSSR count). The Morgan fingerprint density at radius 3 is 2.48 bits per heavy atom. The van der Waals surface area contributed by atoms with Crippen LogP contribution in [-0.2, 0) is 14.8 Å². The summed E-state index contributed by atoms with van der Waals surface area (Å²) in [7, 11) is -3.74. The lowest BCUT2D eigenvalue weighted by Crippen LogP contribution is -2.30. The number of benzene rings is 2. The zero-order valence-electron chi connectivity index (χ0n) is 13.3. The number of rotatable bonds is 5. The molecular formula is C17H18N2O5S. The number of para-hydroxylation sites is 2. The van der Waals surface area contributed by atoms with E-state index < -0.39 is 10.0 Å². The van der Waals surface area contributed by atoms with E-state index in [-0.39, 0.29) is 23.3 Å². The Bertz CT molecular complexity index is 865. The third kappa shape index (κ3) is 4.49. The SMILES string of the molecule is NS(=O)(=O)c1ccc(NC(=O)CC[C@@H]2COc3ccccc3O2)cc1. The van der Waals surface area contributed by atoms with Crippen LogP contribution in [0.5, 0.6) is 11.5 Å². The van der Waals surface area contributed by atoms with E-state index in [4.69, 9.17) is 14.6 Å². The molecule has 0 spiro atoms. The second kappa shape index (κ2) is 7.12. The molecule has 0 fully saturated rings. The maximum atomic E-state index is 12.0. The Labute approximate surface area is 145 Å². The standard InChI is InChI=1S/C17H18N2O5S/c18-25(21,22)14-8-5-12(6-9-14)19-17(20)10-7-13-11-23-15-3-1-2-4-16(15)24-13/h1-6,8-9,13H,7,10-11H2,(H,19,20)(H2,18,21,22)/t13-/m1/s1. The smallest absolute Gasteiger partial charge is 0.238 e. The molecule has 0 radical (unpaired) electrons. The van der Waals surface area contributed by atoms with Crippen LogP contribution < -0.4 is 19.9 Å². The number of hydrogen-bond acceptors (Lipinski definition) is 5. The van der Waals surface area contributed by atoms with Gasteiger partial charge in [0.25, 0.3) is 0 Å². The topological polar surface area (TPSA) is 108 Å². The van der Waals surface area contributed by atoms with E-state index >= 15 is 0 Å². The fraction of sp³-hybridized carbons (Fsp3) is 0.235. The first kappa shape index (κ1) is 17.2. The first-order valence-electron chi connectivity index (χ1n) is 7.73. The summed E-state index contributed by atoms with van der Waals surface area (Å²) in [6.45, 7) is 0.396. The Hall–Kier alpha value is -2.58. The van der Waals surface area contributed by atoms with Crippen LogP contribution in [0, 0.1) is 0 Å². The van der Waals surface area contributed by atoms with Gasteiger partial charge in [-0.2, -0.15) is 0 Å². The van der Waals surface area contributed by atoms with E-state index in [9.17, 15) is 13.2 Å². The Balaban J connectivity index is 1.50. The van der Waals surface area contributed by atoms with E-state index in [2.05, 4.69) is 5.32 Å². The number of hydrogen-bond donors (Lipinski definition) is 2. The van der Waals surface area contributed by atoms with Gasteiger partial charge in [-0.05, 0) is 42.8 Å². The number of nitrogens with one attached hydrogen (secondary N) is 1. The number of fused-ring (bicyclic) bond motifs is 1. The minimum atomic E-state index is -3.74. The highest BCUT2D eigenvalue weighted by molar-refractivity contribution is 7.89. The van der Waals surface area contributed by atoms with Crippen molar-refractivity contribution in [3.8, 4) is 11.5 Å². The van der Waals surface area contributed by atoms with Crippen LogP contribution in [0.4, 0.5) is 5.69 Å². The van der Waals surface area contributed by atoms with Gasteiger partial charge in [0.1, 0.15) is 12.7 Å². The number of carbonyl (C=O) groups excluding carboxylic acids is 1. The Morgan fingerprint density at radius 1 is 1.12 bits per heavy atom. The average molecular weight is 362 g/mol. The predicted molar refractivity (Wildman–Crippen MR) is 92.0 cm³/mol. The lowest BCUT2D eigenvalue weighted by molar-refractivity contribution is -0.116. The van der Waals surface area contributed by atoms with Crippen LogP contribution in [0.25, 0.3) is 0 Å². The summed E-state index contributed by atoms with van der Waals surface area (Å²) in [5.41, 5.74) is 0.503. The van der Waals surface area contributed by atoms with E-state index in [0.29, 0.717) is 30.2 Å². The van der Waals surface area contributed by atoms with E-state index in [1.165, 1.54) is 24.3 Å². The summed E-state index contributed by atoms with van der Waals surface area (Å²) < 4.78 is 33.8. The summed E-state index contributed by atoms with van der Waals surface area (Å²) in [6.07, 6.45) is 0.577. The van der Waals surface area contributed by atoms with Crippen LogP contribution in [0.15, 0.2) is 53.4 Å². The van der Waals surface area contributed by atoms with Gasteiger partial charge in [0.2, 0.25) is 15.9 Å². The molecule has 3 N–H and O–H groups in total. The zero-order valence-corrected chi connectivity index (χ0v) is 14.2. The normalized spacial score (nSPS) is 16.3. The lowest BCUT2D eigenvalue weighted by atomic mass is 10.1. The predicted octanol–water partition coefficient (Wildman–Crippen LogP) is 1.89. The van der Waals surface area contributed by atoms with Gasteiger partial charge in [-0.1, -0.05) is 12.1 Å². The molecule has 1 aliphatic heterocycles. The molecule has 0 unspecified atom stereocenters. The molecule has 132 valence electrons. The molecule has 8 heteroatoms. The Kier molecular flexibility index (Phi) is 4.91. The number of amides is 1. The molecule has 2 aromatic carbocycles. The maximum absolute atomic E-state index is 12.0. The van der Waals surface area contributed by atoms with Crippen LogP contribution in [0.1, 0.15) is 12.8 Å². The molecule has 2 aromatic rings. The van der Waals surface area contributed by atoms with E-state index in [0.717, 1.165) is 0 Å². The van der Waals surface area contributed by atoms with Crippen LogP contribution in [0.3, 0.4) is 0 Å². The third-order valence-electron chi connectivity index (χ3n) is 3.73. The number of sulfonamides is 1. The largest absolute Gasteiger partial charge is 0.486 e. The lowest BCUT2D eigenvalue weighted by Gasteiger charge is -2.26. The summed E-state index contributed by atoms with van der Waals surface area (Å²) >= 11 is 0. The fourth-order valence-corrected chi connectivity index (χ4v) is 2.96. The second-order valence-electron chi connectivity index (χ2n) is 5.65. The van der Waals surface area contributed by atoms with Crippen molar-refractivity contribution in [3.05, 3.63) is 48.5 Å². The molecule has 1 atom stereocenters. The number of nitrogens with two attached hydrogens (primary N) is 1. The number of anilines is 1. The highest BCUT2D eigenvalue weighted by Gasteiger charge is 2.21. The number of carbonyl (C=O) groups is 1. The van der Waals surface area contributed by atoms with Crippen molar-refractivity contribution in [2.75, 3.05) is 11.9 Å². The van der Waals surface area contributed by atoms with E-state index in [1.807, 2.05) is 24.3 Å². The van der Waals surface area contributed by atoms with Gasteiger partial charge in [-0.15, -0.1) is 0 Å². The number of ether oxygens (including phenoxy) is 2. The van der Waals surface area contributed by atoms with Crippen LogP contribution in [0.2, 0.25) is 0 Å². The number of primary sulfonamides is 1. The summed E-state index contributed by atoms with van der Waals surface area (Å²) in [5, 5.41) is 7.74. The van der Waals surface area contributed by atoms with Crippen LogP contribution >= 0.6 is 0 Å². The molecule has 0 saturated carbocycles. The summed E-state index contributed by atoms with van der Waals surface area (Å²) in [5.74, 6) is 1.20. The summed E-state index contributed by atoms with van der Waals surface area (Å²) in [4.78, 5) is 12.0. The molecule has 7 nitrogen and oxygen atoms in total. The second-order valence-corrected chi connectivity index (χ2v) is 7.22. The highest BCUT2D eigenvalue weighted by Crippen LogP contribution is 2.31.